The van der Waals surface area contributed by atoms with Crippen LogP contribution in [-0.2, 0) is 11.2 Å². The predicted molar refractivity (Wildman–Crippen MR) is 110 cm³/mol. The van der Waals surface area contributed by atoms with Crippen LogP contribution >= 0.6 is 12.4 Å². The van der Waals surface area contributed by atoms with Crippen LogP contribution in [0.3, 0.4) is 0 Å². The summed E-state index contributed by atoms with van der Waals surface area (Å²) in [5, 5.41) is 0. The van der Waals surface area contributed by atoms with Gasteiger partial charge in [0, 0.05) is 30.3 Å². The summed E-state index contributed by atoms with van der Waals surface area (Å²) in [7, 11) is 3.28. The van der Waals surface area contributed by atoms with Crippen LogP contribution in [0.1, 0.15) is 36.4 Å². The largest absolute Gasteiger partial charge is 0.497 e. The highest BCUT2D eigenvalue weighted by Gasteiger charge is 2.31. The van der Waals surface area contributed by atoms with Gasteiger partial charge in [-0.1, -0.05) is 18.2 Å². The molecule has 1 fully saturated rings. The number of nitrogens with two attached hydrogens (primary N) is 1. The summed E-state index contributed by atoms with van der Waals surface area (Å²) >= 11 is 0. The molecule has 146 valence electrons. The molecular weight excluding hydrogens is 364 g/mol. The van der Waals surface area contributed by atoms with Crippen LogP contribution in [0.15, 0.2) is 42.5 Å². The standard InChI is InChI=1S/C21H26N2O3.ClH/c1-25-16-10-11-17(20(14-16)26-2)19-8-5-13-23(19)21(24)12-9-15-6-3-4-7-18(15)22;/h3-4,6-7,10-11,14,19H,5,8-9,12-13,22H2,1-2H3;1H. The number of hydrogen-bond donors (Lipinski definition) is 1. The van der Waals surface area contributed by atoms with E-state index in [9.17, 15) is 4.79 Å². The number of carbonyl (C=O) groups is 1. The smallest absolute Gasteiger partial charge is 0.223 e. The minimum atomic E-state index is 0. The minimum absolute atomic E-state index is 0. The van der Waals surface area contributed by atoms with Crippen molar-refractivity contribution in [3.05, 3.63) is 53.6 Å². The molecule has 0 bridgehead atoms. The number of hydrogen-bond acceptors (Lipinski definition) is 4. The maximum atomic E-state index is 12.9. The van der Waals surface area contributed by atoms with Gasteiger partial charge in [-0.25, -0.2) is 0 Å². The third-order valence-corrected chi connectivity index (χ3v) is 5.04. The van der Waals surface area contributed by atoms with Crippen molar-refractivity contribution >= 4 is 24.0 Å². The Bertz CT molecular complexity index is 782. The van der Waals surface area contributed by atoms with E-state index in [2.05, 4.69) is 0 Å². The van der Waals surface area contributed by atoms with Crippen LogP contribution in [-0.4, -0.2) is 31.6 Å². The fourth-order valence-electron chi connectivity index (χ4n) is 3.63. The molecule has 2 aromatic carbocycles. The molecule has 1 aliphatic rings. The van der Waals surface area contributed by atoms with Gasteiger partial charge in [0.2, 0.25) is 5.91 Å². The molecule has 3 rings (SSSR count). The number of nitrogens with zero attached hydrogens (tertiary/aromatic N) is 1. The third-order valence-electron chi connectivity index (χ3n) is 5.04. The molecule has 0 aromatic heterocycles. The number of para-hydroxylation sites is 1. The normalized spacial score (nSPS) is 15.9. The molecule has 0 saturated carbocycles. The molecule has 2 N–H and O–H groups in total. The highest BCUT2D eigenvalue weighted by Crippen LogP contribution is 2.39. The first kappa shape index (κ1) is 20.9. The van der Waals surface area contributed by atoms with Crippen molar-refractivity contribution in [2.75, 3.05) is 26.5 Å². The van der Waals surface area contributed by atoms with E-state index in [4.69, 9.17) is 15.2 Å². The lowest BCUT2D eigenvalue weighted by atomic mass is 10.0. The zero-order valence-electron chi connectivity index (χ0n) is 15.8. The maximum absolute atomic E-state index is 12.9. The molecule has 0 aliphatic carbocycles. The summed E-state index contributed by atoms with van der Waals surface area (Å²) in [5.74, 6) is 1.68. The van der Waals surface area contributed by atoms with Gasteiger partial charge in [-0.2, -0.15) is 0 Å². The van der Waals surface area contributed by atoms with Gasteiger partial charge in [0.05, 0.1) is 20.3 Å². The number of carbonyl (C=O) groups excluding carboxylic acids is 1. The Hall–Kier alpha value is -2.40. The Labute approximate surface area is 166 Å². The van der Waals surface area contributed by atoms with Crippen LogP contribution in [0, 0.1) is 0 Å². The summed E-state index contributed by atoms with van der Waals surface area (Å²) < 4.78 is 10.8. The topological polar surface area (TPSA) is 64.8 Å². The number of methoxy groups -OCH3 is 2. The van der Waals surface area contributed by atoms with Gasteiger partial charge in [0.25, 0.3) is 0 Å². The van der Waals surface area contributed by atoms with Crippen molar-refractivity contribution < 1.29 is 14.3 Å². The number of halogens is 1. The zero-order chi connectivity index (χ0) is 18.5. The Morgan fingerprint density at radius 3 is 2.67 bits per heavy atom. The van der Waals surface area contributed by atoms with Crippen LogP contribution in [0.25, 0.3) is 0 Å². The van der Waals surface area contributed by atoms with Gasteiger partial charge in [0.15, 0.2) is 0 Å². The average molecular weight is 391 g/mol. The number of likely N-dealkylation sites (tertiary alicyclic amines) is 1. The Morgan fingerprint density at radius 2 is 1.96 bits per heavy atom. The lowest BCUT2D eigenvalue weighted by Gasteiger charge is -2.26. The van der Waals surface area contributed by atoms with Crippen molar-refractivity contribution in [3.63, 3.8) is 0 Å². The highest BCUT2D eigenvalue weighted by atomic mass is 35.5. The first-order valence-electron chi connectivity index (χ1n) is 8.98. The molecule has 6 heteroatoms. The first-order valence-corrected chi connectivity index (χ1v) is 8.98. The molecule has 2 aromatic rings. The van der Waals surface area contributed by atoms with Crippen molar-refractivity contribution in [3.8, 4) is 11.5 Å². The van der Waals surface area contributed by atoms with E-state index in [0.29, 0.717) is 12.8 Å². The lowest BCUT2D eigenvalue weighted by Crippen LogP contribution is -2.31. The fraction of sp³-hybridized carbons (Fsp3) is 0.381. The minimum Gasteiger partial charge on any atom is -0.497 e. The van der Waals surface area contributed by atoms with Gasteiger partial charge < -0.3 is 20.1 Å². The van der Waals surface area contributed by atoms with Crippen LogP contribution in [0.2, 0.25) is 0 Å². The Balaban J connectivity index is 0.00000261. The van der Waals surface area contributed by atoms with E-state index in [1.807, 2.05) is 47.4 Å². The van der Waals surface area contributed by atoms with Gasteiger partial charge in [-0.15, -0.1) is 12.4 Å². The van der Waals surface area contributed by atoms with E-state index >= 15 is 0 Å². The van der Waals surface area contributed by atoms with Gasteiger partial charge in [0.1, 0.15) is 11.5 Å². The van der Waals surface area contributed by atoms with Crippen LogP contribution < -0.4 is 15.2 Å². The molecule has 1 atom stereocenters. The number of ether oxygens (including phenoxy) is 2. The summed E-state index contributed by atoms with van der Waals surface area (Å²) in [6, 6.07) is 13.6. The van der Waals surface area contributed by atoms with Crippen molar-refractivity contribution in [1.82, 2.24) is 4.90 Å². The summed E-state index contributed by atoms with van der Waals surface area (Å²) in [6.45, 7) is 0.781. The zero-order valence-corrected chi connectivity index (χ0v) is 16.6. The van der Waals surface area contributed by atoms with Crippen LogP contribution in [0.4, 0.5) is 5.69 Å². The average Bonchev–Trinajstić information content (AvgIpc) is 3.16. The van der Waals surface area contributed by atoms with Crippen molar-refractivity contribution in [2.45, 2.75) is 31.7 Å². The molecule has 0 spiro atoms. The molecule has 1 heterocycles. The Kier molecular flexibility index (Phi) is 7.36. The molecule has 1 unspecified atom stereocenters. The molecule has 1 aliphatic heterocycles. The summed E-state index contributed by atoms with van der Waals surface area (Å²) in [5.41, 5.74) is 8.80. The number of amides is 1. The van der Waals surface area contributed by atoms with E-state index in [-0.39, 0.29) is 24.4 Å². The predicted octanol–water partition coefficient (Wildman–Crippen LogP) is 4.00. The summed E-state index contributed by atoms with van der Waals surface area (Å²) in [4.78, 5) is 14.8. The van der Waals surface area contributed by atoms with Crippen molar-refractivity contribution in [1.29, 1.82) is 0 Å². The monoisotopic (exact) mass is 390 g/mol. The molecule has 27 heavy (non-hydrogen) atoms. The Morgan fingerprint density at radius 1 is 1.19 bits per heavy atom. The number of anilines is 1. The quantitative estimate of drug-likeness (QED) is 0.757. The van der Waals surface area contributed by atoms with E-state index in [1.54, 1.807) is 14.2 Å². The second-order valence-corrected chi connectivity index (χ2v) is 6.55. The summed E-state index contributed by atoms with van der Waals surface area (Å²) in [6.07, 6.45) is 3.07. The lowest BCUT2D eigenvalue weighted by molar-refractivity contribution is -0.132. The second-order valence-electron chi connectivity index (χ2n) is 6.55. The third kappa shape index (κ3) is 4.66. The van der Waals surface area contributed by atoms with E-state index in [1.165, 1.54) is 0 Å². The molecule has 5 nitrogen and oxygen atoms in total. The SMILES string of the molecule is COc1ccc(C2CCCN2C(=O)CCc2ccccc2N)c(OC)c1.Cl. The molecule has 1 amide bonds. The molecule has 1 saturated heterocycles. The number of benzene rings is 2. The van der Waals surface area contributed by atoms with E-state index in [0.717, 1.165) is 47.7 Å². The molecule has 0 radical (unpaired) electrons. The van der Waals surface area contributed by atoms with Crippen LogP contribution in [0.5, 0.6) is 11.5 Å². The van der Waals surface area contributed by atoms with Gasteiger partial charge in [-0.3, -0.25) is 4.79 Å². The highest BCUT2D eigenvalue weighted by molar-refractivity contribution is 5.85. The van der Waals surface area contributed by atoms with Gasteiger partial charge >= 0.3 is 0 Å². The second kappa shape index (κ2) is 9.51. The van der Waals surface area contributed by atoms with Crippen molar-refractivity contribution in [2.24, 2.45) is 0 Å². The molecular formula is C21H27ClN2O3. The number of aryl methyl sites for hydroxylation is 1. The van der Waals surface area contributed by atoms with Gasteiger partial charge in [-0.05, 0) is 43.0 Å². The maximum Gasteiger partial charge on any atom is 0.223 e. The number of rotatable bonds is 6. The number of nitrogen functional groups attached to an aromatic ring is 1. The first-order chi connectivity index (χ1) is 12.6. The fourth-order valence-corrected chi connectivity index (χ4v) is 3.63. The van der Waals surface area contributed by atoms with E-state index < -0.39 is 0 Å².